The van der Waals surface area contributed by atoms with Crippen molar-refractivity contribution in [3.8, 4) is 11.5 Å². The number of thiazole rings is 1. The smallest absolute Gasteiger partial charge is 0.246 e. The number of sulfonamides is 1. The second-order valence-corrected chi connectivity index (χ2v) is 9.71. The topological polar surface area (TPSA) is 68.7 Å². The number of piperidine rings is 1. The van der Waals surface area contributed by atoms with Crippen LogP contribution in [0.2, 0.25) is 0 Å². The van der Waals surface area contributed by atoms with E-state index < -0.39 is 10.0 Å². The Labute approximate surface area is 168 Å². The van der Waals surface area contributed by atoms with Crippen LogP contribution < -0.4 is 9.47 Å². The standard InChI is InChI=1S/C20H22N2O4S2/c1-25-15-9-10-17(26-2)19(12-15)28(23,24)22-11-5-6-14(13-22)20-21-16-7-3-4-8-18(16)27-20/h3-4,7-10,12,14H,5-6,11,13H2,1-2H3/t14-/m1/s1. The summed E-state index contributed by atoms with van der Waals surface area (Å²) in [5, 5.41) is 0.999. The largest absolute Gasteiger partial charge is 0.497 e. The number of hydrogen-bond donors (Lipinski definition) is 0. The number of benzene rings is 2. The third-order valence-corrected chi connectivity index (χ3v) is 8.12. The zero-order chi connectivity index (χ0) is 19.7. The van der Waals surface area contributed by atoms with Crippen molar-refractivity contribution < 1.29 is 17.9 Å². The van der Waals surface area contributed by atoms with E-state index in [2.05, 4.69) is 6.07 Å². The Kier molecular flexibility index (Phi) is 5.27. The van der Waals surface area contributed by atoms with Gasteiger partial charge in [-0.3, -0.25) is 0 Å². The molecule has 1 aromatic heterocycles. The van der Waals surface area contributed by atoms with E-state index in [0.717, 1.165) is 28.1 Å². The van der Waals surface area contributed by atoms with Gasteiger partial charge in [-0.1, -0.05) is 12.1 Å². The number of nitrogens with zero attached hydrogens (tertiary/aromatic N) is 2. The first kappa shape index (κ1) is 19.2. The molecule has 1 saturated heterocycles. The minimum atomic E-state index is -3.70. The highest BCUT2D eigenvalue weighted by Gasteiger charge is 2.34. The number of rotatable bonds is 5. The van der Waals surface area contributed by atoms with E-state index >= 15 is 0 Å². The molecule has 8 heteroatoms. The van der Waals surface area contributed by atoms with Gasteiger partial charge in [-0.05, 0) is 37.1 Å². The Morgan fingerprint density at radius 2 is 1.96 bits per heavy atom. The molecule has 4 rings (SSSR count). The number of ether oxygens (including phenoxy) is 2. The van der Waals surface area contributed by atoms with Gasteiger partial charge in [-0.15, -0.1) is 11.3 Å². The third-order valence-electron chi connectivity index (χ3n) is 5.03. The lowest BCUT2D eigenvalue weighted by Crippen LogP contribution is -2.39. The summed E-state index contributed by atoms with van der Waals surface area (Å²) >= 11 is 1.65. The molecule has 28 heavy (non-hydrogen) atoms. The molecule has 0 radical (unpaired) electrons. The van der Waals surface area contributed by atoms with E-state index in [0.29, 0.717) is 24.6 Å². The molecule has 2 aromatic carbocycles. The summed E-state index contributed by atoms with van der Waals surface area (Å²) in [7, 11) is -0.714. The Morgan fingerprint density at radius 1 is 1.14 bits per heavy atom. The maximum atomic E-state index is 13.4. The van der Waals surface area contributed by atoms with Crippen LogP contribution >= 0.6 is 11.3 Å². The molecular weight excluding hydrogens is 396 g/mol. The van der Waals surface area contributed by atoms with E-state index in [1.54, 1.807) is 27.8 Å². The molecule has 0 saturated carbocycles. The lowest BCUT2D eigenvalue weighted by atomic mass is 10.0. The summed E-state index contributed by atoms with van der Waals surface area (Å²) in [5.41, 5.74) is 0.969. The molecule has 1 aliphatic heterocycles. The third kappa shape index (κ3) is 3.47. The molecule has 3 aromatic rings. The second kappa shape index (κ2) is 7.69. The average molecular weight is 419 g/mol. The van der Waals surface area contributed by atoms with Crippen LogP contribution in [0.5, 0.6) is 11.5 Å². The van der Waals surface area contributed by atoms with Gasteiger partial charge in [-0.2, -0.15) is 4.31 Å². The summed E-state index contributed by atoms with van der Waals surface area (Å²) < 4.78 is 39.9. The number of fused-ring (bicyclic) bond motifs is 1. The van der Waals surface area contributed by atoms with Crippen LogP contribution in [-0.4, -0.2) is 45.0 Å². The highest BCUT2D eigenvalue weighted by Crippen LogP contribution is 2.37. The Balaban J connectivity index is 1.65. The number of aromatic nitrogens is 1. The highest BCUT2D eigenvalue weighted by molar-refractivity contribution is 7.89. The molecule has 0 bridgehead atoms. The molecule has 1 atom stereocenters. The van der Waals surface area contributed by atoms with Gasteiger partial charge in [0.25, 0.3) is 0 Å². The normalized spacial score (nSPS) is 18.3. The summed E-state index contributed by atoms with van der Waals surface area (Å²) in [6.45, 7) is 0.909. The summed E-state index contributed by atoms with van der Waals surface area (Å²) in [4.78, 5) is 4.88. The van der Waals surface area contributed by atoms with E-state index in [9.17, 15) is 8.42 Å². The van der Waals surface area contributed by atoms with Crippen molar-refractivity contribution in [1.29, 1.82) is 0 Å². The quantitative estimate of drug-likeness (QED) is 0.629. The fourth-order valence-corrected chi connectivity index (χ4v) is 6.34. The van der Waals surface area contributed by atoms with Crippen LogP contribution in [0.15, 0.2) is 47.4 Å². The van der Waals surface area contributed by atoms with Crippen LogP contribution in [0.4, 0.5) is 0 Å². The fraction of sp³-hybridized carbons (Fsp3) is 0.350. The Morgan fingerprint density at radius 3 is 2.71 bits per heavy atom. The van der Waals surface area contributed by atoms with Gasteiger partial charge in [0.2, 0.25) is 10.0 Å². The lowest BCUT2D eigenvalue weighted by molar-refractivity contribution is 0.313. The van der Waals surface area contributed by atoms with Gasteiger partial charge in [0.15, 0.2) is 0 Å². The summed E-state index contributed by atoms with van der Waals surface area (Å²) in [6.07, 6.45) is 1.73. The van der Waals surface area contributed by atoms with Crippen LogP contribution in [0.25, 0.3) is 10.2 Å². The van der Waals surface area contributed by atoms with Crippen LogP contribution in [-0.2, 0) is 10.0 Å². The molecule has 0 N–H and O–H groups in total. The number of para-hydroxylation sites is 1. The molecule has 1 aliphatic rings. The maximum absolute atomic E-state index is 13.4. The average Bonchev–Trinajstić information content (AvgIpc) is 3.17. The van der Waals surface area contributed by atoms with Crippen molar-refractivity contribution in [2.75, 3.05) is 27.3 Å². The van der Waals surface area contributed by atoms with Crippen molar-refractivity contribution in [2.24, 2.45) is 0 Å². The monoisotopic (exact) mass is 418 g/mol. The van der Waals surface area contributed by atoms with Crippen LogP contribution in [0.3, 0.4) is 0 Å². The van der Waals surface area contributed by atoms with Crippen LogP contribution in [0.1, 0.15) is 23.8 Å². The molecular formula is C20H22N2O4S2. The molecule has 0 spiro atoms. The molecule has 2 heterocycles. The van der Waals surface area contributed by atoms with Crippen molar-refractivity contribution in [2.45, 2.75) is 23.7 Å². The molecule has 0 amide bonds. The van der Waals surface area contributed by atoms with Crippen molar-refractivity contribution >= 4 is 31.6 Å². The molecule has 0 unspecified atom stereocenters. The molecule has 0 aliphatic carbocycles. The van der Waals surface area contributed by atoms with Gasteiger partial charge >= 0.3 is 0 Å². The highest BCUT2D eigenvalue weighted by atomic mass is 32.2. The van der Waals surface area contributed by atoms with E-state index in [1.165, 1.54) is 20.3 Å². The minimum Gasteiger partial charge on any atom is -0.497 e. The van der Waals surface area contributed by atoms with Gasteiger partial charge in [0.05, 0.1) is 29.4 Å². The van der Waals surface area contributed by atoms with E-state index in [4.69, 9.17) is 14.5 Å². The van der Waals surface area contributed by atoms with E-state index in [-0.39, 0.29) is 10.8 Å². The lowest BCUT2D eigenvalue weighted by Gasteiger charge is -2.31. The number of hydrogen-bond acceptors (Lipinski definition) is 6. The zero-order valence-electron chi connectivity index (χ0n) is 15.8. The van der Waals surface area contributed by atoms with Crippen molar-refractivity contribution in [3.05, 3.63) is 47.5 Å². The zero-order valence-corrected chi connectivity index (χ0v) is 17.4. The van der Waals surface area contributed by atoms with Crippen LogP contribution in [0, 0.1) is 0 Å². The van der Waals surface area contributed by atoms with E-state index in [1.807, 2.05) is 18.2 Å². The van der Waals surface area contributed by atoms with Gasteiger partial charge in [-0.25, -0.2) is 13.4 Å². The predicted octanol–water partition coefficient (Wildman–Crippen LogP) is 3.88. The number of methoxy groups -OCH3 is 2. The minimum absolute atomic E-state index is 0.0949. The fourth-order valence-electron chi connectivity index (χ4n) is 3.55. The van der Waals surface area contributed by atoms with Gasteiger partial charge in [0.1, 0.15) is 16.4 Å². The first-order valence-electron chi connectivity index (χ1n) is 9.10. The van der Waals surface area contributed by atoms with Gasteiger partial charge in [0, 0.05) is 25.1 Å². The molecule has 148 valence electrons. The predicted molar refractivity (Wildman–Crippen MR) is 110 cm³/mol. The summed E-state index contributed by atoms with van der Waals surface area (Å²) in [5.74, 6) is 0.902. The van der Waals surface area contributed by atoms with Crippen molar-refractivity contribution in [3.63, 3.8) is 0 Å². The second-order valence-electron chi connectivity index (χ2n) is 6.74. The SMILES string of the molecule is COc1ccc(OC)c(S(=O)(=O)N2CCC[C@@H](c3nc4ccccc4s3)C2)c1. The molecule has 1 fully saturated rings. The first-order valence-corrected chi connectivity index (χ1v) is 11.4. The Bertz CT molecular complexity index is 1060. The molecule has 6 nitrogen and oxygen atoms in total. The maximum Gasteiger partial charge on any atom is 0.246 e. The van der Waals surface area contributed by atoms with Crippen molar-refractivity contribution in [1.82, 2.24) is 9.29 Å². The first-order chi connectivity index (χ1) is 13.5. The van der Waals surface area contributed by atoms with Gasteiger partial charge < -0.3 is 9.47 Å². The Hall–Kier alpha value is -2.16. The summed E-state index contributed by atoms with van der Waals surface area (Å²) in [6, 6.07) is 12.9.